The van der Waals surface area contributed by atoms with Crippen molar-refractivity contribution < 1.29 is 4.79 Å². The Morgan fingerprint density at radius 1 is 1.50 bits per heavy atom. The van der Waals surface area contributed by atoms with E-state index in [4.69, 9.17) is 0 Å². The van der Waals surface area contributed by atoms with Gasteiger partial charge in [0, 0.05) is 24.4 Å². The van der Waals surface area contributed by atoms with E-state index in [0.717, 1.165) is 36.2 Å². The van der Waals surface area contributed by atoms with Gasteiger partial charge in [-0.3, -0.25) is 9.69 Å². The summed E-state index contributed by atoms with van der Waals surface area (Å²) in [5.41, 5.74) is 1.77. The van der Waals surface area contributed by atoms with Crippen LogP contribution in [0.1, 0.15) is 31.7 Å². The number of hydrogen-bond acceptors (Lipinski definition) is 2. The van der Waals surface area contributed by atoms with Crippen molar-refractivity contribution in [3.8, 4) is 0 Å². The highest BCUT2D eigenvalue weighted by Gasteiger charge is 2.29. The lowest BCUT2D eigenvalue weighted by Gasteiger charge is -2.06. The van der Waals surface area contributed by atoms with Gasteiger partial charge in [-0.2, -0.15) is 0 Å². The molecule has 3 heteroatoms. The fourth-order valence-corrected chi connectivity index (χ4v) is 1.91. The summed E-state index contributed by atoms with van der Waals surface area (Å²) in [4.78, 5) is 17.8. The van der Waals surface area contributed by atoms with Crippen LogP contribution in [0.4, 0.5) is 5.82 Å². The Kier molecular flexibility index (Phi) is 3.04. The van der Waals surface area contributed by atoms with Crippen LogP contribution in [0.2, 0.25) is 0 Å². The minimum atomic E-state index is 0.0600. The molecule has 1 aromatic rings. The van der Waals surface area contributed by atoms with Crippen LogP contribution >= 0.6 is 0 Å². The van der Waals surface area contributed by atoms with Crippen molar-refractivity contribution in [2.45, 2.75) is 26.2 Å². The molecule has 0 saturated heterocycles. The number of hydrogen-bond donors (Lipinski definition) is 0. The first-order valence-corrected chi connectivity index (χ1v) is 5.69. The number of allylic oxidation sites excluding steroid dienone is 1. The van der Waals surface area contributed by atoms with Crippen LogP contribution in [0.15, 0.2) is 24.4 Å². The molecular formula is C13H16N2O. The van der Waals surface area contributed by atoms with Crippen molar-refractivity contribution in [1.82, 2.24) is 4.98 Å². The van der Waals surface area contributed by atoms with E-state index >= 15 is 0 Å². The van der Waals surface area contributed by atoms with Crippen LogP contribution in [0, 0.1) is 0 Å². The monoisotopic (exact) mass is 216 g/mol. The Morgan fingerprint density at radius 3 is 3.06 bits per heavy atom. The topological polar surface area (TPSA) is 33.2 Å². The molecule has 3 nitrogen and oxygen atoms in total. The first-order chi connectivity index (χ1) is 7.75. The van der Waals surface area contributed by atoms with Crippen molar-refractivity contribution in [3.05, 3.63) is 30.0 Å². The summed E-state index contributed by atoms with van der Waals surface area (Å²) in [6, 6.07) is 3.83. The third-order valence-electron chi connectivity index (χ3n) is 2.84. The van der Waals surface area contributed by atoms with Crippen LogP contribution in [-0.2, 0) is 4.79 Å². The Labute approximate surface area is 95.8 Å². The zero-order valence-corrected chi connectivity index (χ0v) is 9.73. The lowest BCUT2D eigenvalue weighted by Crippen LogP contribution is -2.20. The Bertz CT molecular complexity index is 437. The van der Waals surface area contributed by atoms with Gasteiger partial charge in [0.2, 0.25) is 0 Å². The number of fused-ring (bicyclic) bond motifs is 1. The van der Waals surface area contributed by atoms with Crippen molar-refractivity contribution in [2.75, 3.05) is 11.9 Å². The maximum atomic E-state index is 12.0. The number of unbranched alkanes of at least 4 members (excludes halogenated alkanes) is 2. The quantitative estimate of drug-likeness (QED) is 0.575. The molecular weight excluding hydrogens is 200 g/mol. The maximum Gasteiger partial charge on any atom is 0.259 e. The molecule has 0 radical (unpaired) electrons. The van der Waals surface area contributed by atoms with Crippen molar-refractivity contribution in [1.29, 1.82) is 0 Å². The average Bonchev–Trinajstić information content (AvgIpc) is 2.55. The van der Waals surface area contributed by atoms with E-state index in [0.29, 0.717) is 0 Å². The van der Waals surface area contributed by atoms with Crippen LogP contribution in [-0.4, -0.2) is 17.9 Å². The number of aromatic nitrogens is 1. The Balaban J connectivity index is 2.34. The van der Waals surface area contributed by atoms with Crippen LogP contribution in [0.3, 0.4) is 0 Å². The second-order valence-corrected chi connectivity index (χ2v) is 4.00. The van der Waals surface area contributed by atoms with E-state index in [-0.39, 0.29) is 5.91 Å². The molecule has 2 heterocycles. The zero-order chi connectivity index (χ0) is 11.5. The fourth-order valence-electron chi connectivity index (χ4n) is 1.91. The number of nitrogens with zero attached hydrogens (tertiary/aromatic N) is 2. The molecule has 0 unspecified atom stereocenters. The van der Waals surface area contributed by atoms with Gasteiger partial charge in [0.05, 0.1) is 0 Å². The number of rotatable bonds is 3. The van der Waals surface area contributed by atoms with Crippen molar-refractivity contribution >= 4 is 17.3 Å². The molecule has 0 atom stereocenters. The third-order valence-corrected chi connectivity index (χ3v) is 2.84. The number of anilines is 1. The highest BCUT2D eigenvalue weighted by Crippen LogP contribution is 2.33. The molecule has 0 aliphatic carbocycles. The summed E-state index contributed by atoms with van der Waals surface area (Å²) >= 11 is 0. The normalized spacial score (nSPS) is 17.0. The molecule has 0 bridgehead atoms. The van der Waals surface area contributed by atoms with Gasteiger partial charge in [-0.25, -0.2) is 4.98 Å². The molecule has 1 aromatic heterocycles. The van der Waals surface area contributed by atoms with Gasteiger partial charge in [-0.05, 0) is 18.6 Å². The summed E-state index contributed by atoms with van der Waals surface area (Å²) < 4.78 is 0. The largest absolute Gasteiger partial charge is 0.295 e. The first kappa shape index (κ1) is 10.9. The number of carbonyl (C=O) groups excluding carboxylic acids is 1. The summed E-state index contributed by atoms with van der Waals surface area (Å²) in [5.74, 6) is 0.833. The smallest absolute Gasteiger partial charge is 0.259 e. The maximum absolute atomic E-state index is 12.0. The lowest BCUT2D eigenvalue weighted by molar-refractivity contribution is -0.112. The van der Waals surface area contributed by atoms with Crippen molar-refractivity contribution in [2.24, 2.45) is 0 Å². The molecule has 0 aromatic carbocycles. The summed E-state index contributed by atoms with van der Waals surface area (Å²) in [6.07, 6.45) is 6.98. The summed E-state index contributed by atoms with van der Waals surface area (Å²) in [7, 11) is 1.77. The second kappa shape index (κ2) is 4.47. The molecule has 16 heavy (non-hydrogen) atoms. The number of pyridine rings is 1. The number of carbonyl (C=O) groups is 1. The van der Waals surface area contributed by atoms with Gasteiger partial charge < -0.3 is 0 Å². The standard InChI is InChI=1S/C13H16N2O/c1-3-4-5-7-11-10-8-6-9-14-12(10)15(2)13(11)16/h6-9H,3-5H2,1-2H3/b11-7+. The van der Waals surface area contributed by atoms with E-state index in [1.165, 1.54) is 0 Å². The number of amides is 1. The zero-order valence-electron chi connectivity index (χ0n) is 9.73. The molecule has 0 fully saturated rings. The molecule has 0 saturated carbocycles. The molecule has 0 spiro atoms. The minimum Gasteiger partial charge on any atom is -0.295 e. The van der Waals surface area contributed by atoms with E-state index < -0.39 is 0 Å². The molecule has 2 rings (SSSR count). The molecule has 0 N–H and O–H groups in total. The van der Waals surface area contributed by atoms with Gasteiger partial charge in [0.15, 0.2) is 0 Å². The van der Waals surface area contributed by atoms with Gasteiger partial charge in [0.25, 0.3) is 5.91 Å². The van der Waals surface area contributed by atoms with Gasteiger partial charge in [0.1, 0.15) is 5.82 Å². The van der Waals surface area contributed by atoms with E-state index in [9.17, 15) is 4.79 Å². The average molecular weight is 216 g/mol. The highest BCUT2D eigenvalue weighted by atomic mass is 16.2. The first-order valence-electron chi connectivity index (χ1n) is 5.69. The Morgan fingerprint density at radius 2 is 2.31 bits per heavy atom. The Hall–Kier alpha value is -1.64. The van der Waals surface area contributed by atoms with Crippen LogP contribution in [0.25, 0.3) is 5.57 Å². The minimum absolute atomic E-state index is 0.0600. The van der Waals surface area contributed by atoms with Crippen LogP contribution < -0.4 is 4.90 Å². The lowest BCUT2D eigenvalue weighted by atomic mass is 10.1. The summed E-state index contributed by atoms with van der Waals surface area (Å²) in [5, 5.41) is 0. The van der Waals surface area contributed by atoms with E-state index in [2.05, 4.69) is 11.9 Å². The molecule has 84 valence electrons. The fraction of sp³-hybridized carbons (Fsp3) is 0.385. The third kappa shape index (κ3) is 1.73. The molecule has 1 aliphatic rings. The van der Waals surface area contributed by atoms with E-state index in [1.54, 1.807) is 18.1 Å². The SMILES string of the molecule is CCCC/C=C1/C(=O)N(C)c2ncccc21. The van der Waals surface area contributed by atoms with Crippen molar-refractivity contribution in [3.63, 3.8) is 0 Å². The van der Waals surface area contributed by atoms with Gasteiger partial charge in [-0.1, -0.05) is 25.8 Å². The predicted molar refractivity (Wildman–Crippen MR) is 65.1 cm³/mol. The summed E-state index contributed by atoms with van der Waals surface area (Å²) in [6.45, 7) is 2.15. The number of likely N-dealkylation sites (N-methyl/N-ethyl adjacent to an activating group) is 1. The van der Waals surface area contributed by atoms with E-state index in [1.807, 2.05) is 18.2 Å². The van der Waals surface area contributed by atoms with Gasteiger partial charge >= 0.3 is 0 Å². The highest BCUT2D eigenvalue weighted by molar-refractivity contribution is 6.31. The second-order valence-electron chi connectivity index (χ2n) is 4.00. The molecule has 1 amide bonds. The van der Waals surface area contributed by atoms with Gasteiger partial charge in [-0.15, -0.1) is 0 Å². The van der Waals surface area contributed by atoms with Crippen LogP contribution in [0.5, 0.6) is 0 Å². The molecule has 1 aliphatic heterocycles. The predicted octanol–water partition coefficient (Wildman–Crippen LogP) is 2.63.